The number of hydrogen-bond acceptors (Lipinski definition) is 5. The summed E-state index contributed by atoms with van der Waals surface area (Å²) in [7, 11) is 0. The molecule has 1 rings (SSSR count). The number of rotatable bonds is 11. The monoisotopic (exact) mass is 338 g/mol. The maximum atomic E-state index is 12.4. The van der Waals surface area contributed by atoms with E-state index in [-0.39, 0.29) is 0 Å². The quantitative estimate of drug-likeness (QED) is 0.353. The molecular formula is C17H30N4O3. The summed E-state index contributed by atoms with van der Waals surface area (Å²) in [6.45, 7) is 9.79. The van der Waals surface area contributed by atoms with Crippen molar-refractivity contribution < 1.29 is 14.4 Å². The molecule has 0 spiro atoms. The van der Waals surface area contributed by atoms with Gasteiger partial charge in [0.25, 0.3) is 0 Å². The highest BCUT2D eigenvalue weighted by atomic mass is 16.2. The number of urea groups is 1. The van der Waals surface area contributed by atoms with Gasteiger partial charge >= 0.3 is 6.03 Å². The smallest absolute Gasteiger partial charge is 0.302 e. The summed E-state index contributed by atoms with van der Waals surface area (Å²) in [6, 6.07) is -0.616. The fourth-order valence-corrected chi connectivity index (χ4v) is 2.59. The first kappa shape index (κ1) is 20.3. The SMILES string of the molecule is CCCCCCN1C(=O)NC(=O)[C@H](C=NCCN(CC)CC)C1=O. The number of imide groups is 2. The summed E-state index contributed by atoms with van der Waals surface area (Å²) in [6.07, 6.45) is 5.25. The Morgan fingerprint density at radius 2 is 1.83 bits per heavy atom. The Morgan fingerprint density at radius 3 is 2.46 bits per heavy atom. The van der Waals surface area contributed by atoms with Crippen LogP contribution in [0.2, 0.25) is 0 Å². The van der Waals surface area contributed by atoms with Crippen molar-refractivity contribution in [2.24, 2.45) is 10.9 Å². The first-order chi connectivity index (χ1) is 11.5. The minimum absolute atomic E-state index is 0.349. The number of likely N-dealkylation sites (N-methyl/N-ethyl adjacent to an activating group) is 1. The van der Waals surface area contributed by atoms with E-state index in [2.05, 4.69) is 36.0 Å². The lowest BCUT2D eigenvalue weighted by molar-refractivity contribution is -0.139. The van der Waals surface area contributed by atoms with E-state index in [0.717, 1.165) is 50.2 Å². The molecule has 0 aromatic rings. The standard InChI is InChI=1S/C17H30N4O3/c1-4-7-8-9-11-21-16(23)14(15(22)19-17(21)24)13-18-10-12-20(5-2)6-3/h13-14H,4-12H2,1-3H3,(H,19,22,24)/t14-/m0/s1. The third-order valence-corrected chi connectivity index (χ3v) is 4.22. The molecule has 0 aliphatic carbocycles. The van der Waals surface area contributed by atoms with E-state index < -0.39 is 23.8 Å². The van der Waals surface area contributed by atoms with Crippen LogP contribution < -0.4 is 5.32 Å². The molecule has 0 bridgehead atoms. The lowest BCUT2D eigenvalue weighted by Crippen LogP contribution is -2.58. The van der Waals surface area contributed by atoms with Gasteiger partial charge in [0.05, 0.1) is 6.54 Å². The molecule has 24 heavy (non-hydrogen) atoms. The molecule has 1 aliphatic heterocycles. The molecule has 4 amide bonds. The van der Waals surface area contributed by atoms with Crippen LogP contribution in [0.5, 0.6) is 0 Å². The predicted molar refractivity (Wildman–Crippen MR) is 94.0 cm³/mol. The van der Waals surface area contributed by atoms with Crippen LogP contribution in [0.1, 0.15) is 46.5 Å². The second kappa shape index (κ2) is 10.9. The minimum Gasteiger partial charge on any atom is -0.302 e. The van der Waals surface area contributed by atoms with Gasteiger partial charge in [0.1, 0.15) is 0 Å². The number of carbonyl (C=O) groups excluding carboxylic acids is 3. The first-order valence-corrected chi connectivity index (χ1v) is 8.93. The highest BCUT2D eigenvalue weighted by molar-refractivity contribution is 6.23. The van der Waals surface area contributed by atoms with Gasteiger partial charge in [-0.05, 0) is 19.5 Å². The molecule has 0 unspecified atom stereocenters. The molecule has 7 heteroatoms. The largest absolute Gasteiger partial charge is 0.330 e. The van der Waals surface area contributed by atoms with E-state index in [0.29, 0.717) is 13.1 Å². The van der Waals surface area contributed by atoms with E-state index in [1.54, 1.807) is 0 Å². The average molecular weight is 338 g/mol. The Hall–Kier alpha value is -1.76. The van der Waals surface area contributed by atoms with Crippen molar-refractivity contribution in [1.29, 1.82) is 0 Å². The van der Waals surface area contributed by atoms with Gasteiger partial charge < -0.3 is 4.90 Å². The van der Waals surface area contributed by atoms with E-state index in [1.165, 1.54) is 6.21 Å². The van der Waals surface area contributed by atoms with E-state index in [1.807, 2.05) is 0 Å². The minimum atomic E-state index is -0.995. The summed E-state index contributed by atoms with van der Waals surface area (Å²) in [5.74, 6) is -2.04. The molecular weight excluding hydrogens is 308 g/mol. The van der Waals surface area contributed by atoms with Crippen molar-refractivity contribution in [3.05, 3.63) is 0 Å². The van der Waals surface area contributed by atoms with Crippen LogP contribution >= 0.6 is 0 Å². The molecule has 1 aliphatic rings. The van der Waals surface area contributed by atoms with Crippen molar-refractivity contribution in [2.45, 2.75) is 46.5 Å². The predicted octanol–water partition coefficient (Wildman–Crippen LogP) is 1.67. The van der Waals surface area contributed by atoms with Crippen LogP contribution in [0.25, 0.3) is 0 Å². The Kier molecular flexibility index (Phi) is 9.22. The molecule has 7 nitrogen and oxygen atoms in total. The number of barbiturate groups is 1. The normalized spacial score (nSPS) is 18.8. The zero-order valence-electron chi connectivity index (χ0n) is 15.1. The van der Waals surface area contributed by atoms with Gasteiger partial charge in [0.2, 0.25) is 11.8 Å². The topological polar surface area (TPSA) is 82.1 Å². The Bertz CT molecular complexity index is 461. The van der Waals surface area contributed by atoms with Gasteiger partial charge in [-0.2, -0.15) is 0 Å². The van der Waals surface area contributed by atoms with E-state index >= 15 is 0 Å². The van der Waals surface area contributed by atoms with Crippen LogP contribution in [0.15, 0.2) is 4.99 Å². The summed E-state index contributed by atoms with van der Waals surface area (Å²) in [4.78, 5) is 43.7. The number of amides is 4. The van der Waals surface area contributed by atoms with Crippen LogP contribution in [0, 0.1) is 5.92 Å². The number of hydrogen-bond donors (Lipinski definition) is 1. The molecule has 136 valence electrons. The Labute approximate surface area is 144 Å². The zero-order chi connectivity index (χ0) is 17.9. The number of carbonyl (C=O) groups is 3. The molecule has 1 heterocycles. The Balaban J connectivity index is 2.57. The van der Waals surface area contributed by atoms with Crippen molar-refractivity contribution in [1.82, 2.24) is 15.1 Å². The molecule has 1 atom stereocenters. The lowest BCUT2D eigenvalue weighted by atomic mass is 10.1. The number of aliphatic imine (C=N–C) groups is 1. The molecule has 1 N–H and O–H groups in total. The zero-order valence-corrected chi connectivity index (χ0v) is 15.1. The van der Waals surface area contributed by atoms with Gasteiger partial charge in [-0.3, -0.25) is 24.8 Å². The highest BCUT2D eigenvalue weighted by Gasteiger charge is 2.38. The van der Waals surface area contributed by atoms with Crippen LogP contribution in [-0.4, -0.2) is 66.6 Å². The van der Waals surface area contributed by atoms with Crippen molar-refractivity contribution in [3.63, 3.8) is 0 Å². The maximum absolute atomic E-state index is 12.4. The first-order valence-electron chi connectivity index (χ1n) is 8.93. The van der Waals surface area contributed by atoms with Crippen molar-refractivity contribution in [3.8, 4) is 0 Å². The highest BCUT2D eigenvalue weighted by Crippen LogP contribution is 2.11. The second-order valence-corrected chi connectivity index (χ2v) is 5.90. The van der Waals surface area contributed by atoms with Crippen molar-refractivity contribution >= 4 is 24.1 Å². The van der Waals surface area contributed by atoms with Crippen LogP contribution in [-0.2, 0) is 9.59 Å². The van der Waals surface area contributed by atoms with Gasteiger partial charge in [-0.15, -0.1) is 0 Å². The van der Waals surface area contributed by atoms with E-state index in [9.17, 15) is 14.4 Å². The molecule has 0 saturated carbocycles. The fraction of sp³-hybridized carbons (Fsp3) is 0.765. The third kappa shape index (κ3) is 6.03. The molecule has 0 aromatic heterocycles. The second-order valence-electron chi connectivity index (χ2n) is 5.90. The number of unbranched alkanes of at least 4 members (excludes halogenated alkanes) is 3. The summed E-state index contributed by atoms with van der Waals surface area (Å²) < 4.78 is 0. The van der Waals surface area contributed by atoms with Crippen molar-refractivity contribution in [2.75, 3.05) is 32.7 Å². The van der Waals surface area contributed by atoms with Crippen LogP contribution in [0.4, 0.5) is 4.79 Å². The average Bonchev–Trinajstić information content (AvgIpc) is 2.56. The van der Waals surface area contributed by atoms with Gasteiger partial charge in [-0.1, -0.05) is 40.0 Å². The fourth-order valence-electron chi connectivity index (χ4n) is 2.59. The number of nitrogens with zero attached hydrogens (tertiary/aromatic N) is 3. The molecule has 0 aromatic carbocycles. The summed E-state index contributed by atoms with van der Waals surface area (Å²) in [5.41, 5.74) is 0. The van der Waals surface area contributed by atoms with Gasteiger partial charge in [0, 0.05) is 19.3 Å². The Morgan fingerprint density at radius 1 is 1.12 bits per heavy atom. The van der Waals surface area contributed by atoms with E-state index in [4.69, 9.17) is 0 Å². The third-order valence-electron chi connectivity index (χ3n) is 4.22. The van der Waals surface area contributed by atoms with Crippen LogP contribution in [0.3, 0.4) is 0 Å². The summed E-state index contributed by atoms with van der Waals surface area (Å²) in [5, 5.41) is 2.25. The molecule has 1 saturated heterocycles. The molecule has 0 radical (unpaired) electrons. The lowest BCUT2D eigenvalue weighted by Gasteiger charge is -2.28. The van der Waals surface area contributed by atoms with Gasteiger partial charge in [0.15, 0.2) is 5.92 Å². The number of nitrogens with one attached hydrogen (secondary N) is 1. The maximum Gasteiger partial charge on any atom is 0.330 e. The summed E-state index contributed by atoms with van der Waals surface area (Å²) >= 11 is 0. The molecule has 1 fully saturated rings. The van der Waals surface area contributed by atoms with Gasteiger partial charge in [-0.25, -0.2) is 4.79 Å².